The summed E-state index contributed by atoms with van der Waals surface area (Å²) < 4.78 is 1.98. The summed E-state index contributed by atoms with van der Waals surface area (Å²) >= 11 is 0. The minimum atomic E-state index is -0.0875. The van der Waals surface area contributed by atoms with Gasteiger partial charge in [-0.3, -0.25) is 9.59 Å². The summed E-state index contributed by atoms with van der Waals surface area (Å²) in [7, 11) is 1.76. The van der Waals surface area contributed by atoms with Crippen molar-refractivity contribution in [1.82, 2.24) is 14.4 Å². The molecule has 0 spiro atoms. The Hall–Kier alpha value is -2.56. The molecule has 1 aromatic heterocycles. The average molecular weight is 283 g/mol. The number of aromatic nitrogens is 1. The summed E-state index contributed by atoms with van der Waals surface area (Å²) in [5.74, 6) is -0.103. The lowest BCUT2D eigenvalue weighted by molar-refractivity contribution is -0.133. The van der Waals surface area contributed by atoms with E-state index in [1.807, 2.05) is 41.2 Å². The topological polar surface area (TPSA) is 45.5 Å². The normalized spacial score (nSPS) is 15.4. The predicted octanol–water partition coefficient (Wildman–Crippen LogP) is 1.39. The monoisotopic (exact) mass is 283 g/mol. The van der Waals surface area contributed by atoms with Crippen LogP contribution < -0.4 is 0 Å². The molecule has 1 aliphatic heterocycles. The van der Waals surface area contributed by atoms with Crippen molar-refractivity contribution in [1.29, 1.82) is 0 Å². The summed E-state index contributed by atoms with van der Waals surface area (Å²) in [5, 5.41) is 0. The van der Waals surface area contributed by atoms with Crippen molar-refractivity contribution in [2.24, 2.45) is 0 Å². The van der Waals surface area contributed by atoms with Crippen LogP contribution in [-0.4, -0.2) is 52.9 Å². The van der Waals surface area contributed by atoms with Crippen molar-refractivity contribution < 1.29 is 9.59 Å². The number of hydrogen-bond donors (Lipinski definition) is 0. The van der Waals surface area contributed by atoms with Crippen molar-refractivity contribution in [2.45, 2.75) is 0 Å². The number of carbonyl (C=O) groups is 2. The summed E-state index contributed by atoms with van der Waals surface area (Å²) in [6, 6.07) is 11.3. The van der Waals surface area contributed by atoms with Gasteiger partial charge in [0.25, 0.3) is 5.91 Å². The van der Waals surface area contributed by atoms with E-state index >= 15 is 0 Å². The van der Waals surface area contributed by atoms with Crippen molar-refractivity contribution in [3.8, 4) is 5.69 Å². The zero-order chi connectivity index (χ0) is 14.8. The van der Waals surface area contributed by atoms with Crippen molar-refractivity contribution in [3.63, 3.8) is 0 Å². The van der Waals surface area contributed by atoms with E-state index in [1.165, 1.54) is 0 Å². The molecule has 0 aliphatic carbocycles. The van der Waals surface area contributed by atoms with Crippen molar-refractivity contribution in [3.05, 3.63) is 54.4 Å². The Bertz CT molecular complexity index is 647. The van der Waals surface area contributed by atoms with Gasteiger partial charge in [-0.05, 0) is 36.4 Å². The van der Waals surface area contributed by atoms with Gasteiger partial charge in [-0.1, -0.05) is 0 Å². The zero-order valence-electron chi connectivity index (χ0n) is 11.9. The van der Waals surface area contributed by atoms with E-state index in [-0.39, 0.29) is 18.4 Å². The van der Waals surface area contributed by atoms with Crippen molar-refractivity contribution >= 4 is 11.8 Å². The Morgan fingerprint density at radius 1 is 1.05 bits per heavy atom. The summed E-state index contributed by atoms with van der Waals surface area (Å²) in [6.07, 6.45) is 3.91. The molecule has 3 rings (SSSR count). The van der Waals surface area contributed by atoms with Gasteiger partial charge in [0.1, 0.15) is 6.54 Å². The minimum Gasteiger partial charge on any atom is -0.342 e. The van der Waals surface area contributed by atoms with Crippen LogP contribution in [0.5, 0.6) is 0 Å². The number of likely N-dealkylation sites (N-methyl/N-ethyl adjacent to an activating group) is 1. The van der Waals surface area contributed by atoms with Gasteiger partial charge in [0, 0.05) is 43.8 Å². The molecule has 21 heavy (non-hydrogen) atoms. The van der Waals surface area contributed by atoms with Crippen LogP contribution in [0.3, 0.4) is 0 Å². The predicted molar refractivity (Wildman–Crippen MR) is 79.3 cm³/mol. The molecular formula is C16H17N3O2. The Kier molecular flexibility index (Phi) is 3.48. The van der Waals surface area contributed by atoms with Gasteiger partial charge >= 0.3 is 0 Å². The first-order valence-electron chi connectivity index (χ1n) is 6.92. The highest BCUT2D eigenvalue weighted by Gasteiger charge is 2.25. The maximum absolute atomic E-state index is 12.4. The van der Waals surface area contributed by atoms with Crippen LogP contribution in [0.15, 0.2) is 48.8 Å². The molecular weight excluding hydrogens is 266 g/mol. The van der Waals surface area contributed by atoms with Gasteiger partial charge in [-0.15, -0.1) is 0 Å². The molecule has 1 aromatic carbocycles. The first kappa shape index (κ1) is 13.4. The number of amides is 2. The maximum atomic E-state index is 12.4. The fraction of sp³-hybridized carbons (Fsp3) is 0.250. The van der Waals surface area contributed by atoms with Crippen molar-refractivity contribution in [2.75, 3.05) is 26.7 Å². The third-order valence-corrected chi connectivity index (χ3v) is 3.76. The van der Waals surface area contributed by atoms with Crippen LogP contribution in [0.2, 0.25) is 0 Å². The Morgan fingerprint density at radius 3 is 2.33 bits per heavy atom. The molecule has 0 radical (unpaired) electrons. The molecule has 108 valence electrons. The van der Waals surface area contributed by atoms with E-state index in [4.69, 9.17) is 0 Å². The molecule has 0 unspecified atom stereocenters. The second-order valence-electron chi connectivity index (χ2n) is 5.18. The second-order valence-corrected chi connectivity index (χ2v) is 5.18. The fourth-order valence-corrected chi connectivity index (χ4v) is 2.40. The largest absolute Gasteiger partial charge is 0.342 e. The van der Waals surface area contributed by atoms with E-state index in [9.17, 15) is 9.59 Å². The van der Waals surface area contributed by atoms with E-state index in [0.717, 1.165) is 5.69 Å². The van der Waals surface area contributed by atoms with Crippen LogP contribution in [0.1, 0.15) is 10.4 Å². The number of carbonyl (C=O) groups excluding carboxylic acids is 2. The molecule has 1 aliphatic rings. The SMILES string of the molecule is CN1CCN(C(=O)c2ccc(-n3cccc3)cc2)CC1=O. The summed E-state index contributed by atoms with van der Waals surface area (Å²) in [5.41, 5.74) is 1.62. The first-order valence-corrected chi connectivity index (χ1v) is 6.92. The van der Waals surface area contributed by atoms with E-state index < -0.39 is 0 Å². The number of hydrogen-bond acceptors (Lipinski definition) is 2. The lowest BCUT2D eigenvalue weighted by Gasteiger charge is -2.32. The Balaban J connectivity index is 1.75. The molecule has 0 saturated carbocycles. The fourth-order valence-electron chi connectivity index (χ4n) is 2.40. The highest BCUT2D eigenvalue weighted by Crippen LogP contribution is 2.13. The third-order valence-electron chi connectivity index (χ3n) is 3.76. The molecule has 5 nitrogen and oxygen atoms in total. The van der Waals surface area contributed by atoms with E-state index in [0.29, 0.717) is 18.7 Å². The smallest absolute Gasteiger partial charge is 0.254 e. The highest BCUT2D eigenvalue weighted by molar-refractivity contribution is 5.97. The highest BCUT2D eigenvalue weighted by atomic mass is 16.2. The molecule has 0 atom stereocenters. The number of piperazine rings is 1. The van der Waals surface area contributed by atoms with Gasteiger partial charge in [0.05, 0.1) is 0 Å². The number of nitrogens with zero attached hydrogens (tertiary/aromatic N) is 3. The molecule has 1 saturated heterocycles. The van der Waals surface area contributed by atoms with Gasteiger partial charge in [0.15, 0.2) is 0 Å². The molecule has 0 bridgehead atoms. The first-order chi connectivity index (χ1) is 10.1. The van der Waals surface area contributed by atoms with E-state index in [2.05, 4.69) is 0 Å². The van der Waals surface area contributed by atoms with Crippen LogP contribution in [0.4, 0.5) is 0 Å². The lowest BCUT2D eigenvalue weighted by atomic mass is 10.1. The lowest BCUT2D eigenvalue weighted by Crippen LogP contribution is -2.50. The van der Waals surface area contributed by atoms with Crippen LogP contribution in [-0.2, 0) is 4.79 Å². The van der Waals surface area contributed by atoms with Gasteiger partial charge in [-0.2, -0.15) is 0 Å². The molecule has 2 aromatic rings. The third kappa shape index (κ3) is 2.67. The summed E-state index contributed by atoms with van der Waals surface area (Å²) in [4.78, 5) is 27.3. The standard InChI is InChI=1S/C16H17N3O2/c1-17-10-11-19(12-15(17)20)16(21)13-4-6-14(7-5-13)18-8-2-3-9-18/h2-9H,10-12H2,1H3. The van der Waals surface area contributed by atoms with Crippen LogP contribution in [0.25, 0.3) is 5.69 Å². The molecule has 2 heterocycles. The zero-order valence-corrected chi connectivity index (χ0v) is 11.9. The van der Waals surface area contributed by atoms with Gasteiger partial charge in [-0.25, -0.2) is 0 Å². The number of benzene rings is 1. The maximum Gasteiger partial charge on any atom is 0.254 e. The molecule has 0 N–H and O–H groups in total. The number of rotatable bonds is 2. The Labute approximate surface area is 123 Å². The second kappa shape index (κ2) is 5.44. The van der Waals surface area contributed by atoms with E-state index in [1.54, 1.807) is 29.0 Å². The molecule has 5 heteroatoms. The van der Waals surface area contributed by atoms with Gasteiger partial charge < -0.3 is 14.4 Å². The molecule has 2 amide bonds. The summed E-state index contributed by atoms with van der Waals surface area (Å²) in [6.45, 7) is 1.33. The minimum absolute atomic E-state index is 0.0152. The quantitative estimate of drug-likeness (QED) is 0.836. The average Bonchev–Trinajstić information content (AvgIpc) is 3.04. The van der Waals surface area contributed by atoms with Crippen LogP contribution >= 0.6 is 0 Å². The Morgan fingerprint density at radius 2 is 1.71 bits per heavy atom. The van der Waals surface area contributed by atoms with Gasteiger partial charge in [0.2, 0.25) is 5.91 Å². The van der Waals surface area contributed by atoms with Crippen LogP contribution in [0, 0.1) is 0 Å². The molecule has 1 fully saturated rings.